The molecule has 0 aromatic carbocycles. The number of piperidine rings is 1. The Morgan fingerprint density at radius 1 is 1.33 bits per heavy atom. The summed E-state index contributed by atoms with van der Waals surface area (Å²) in [5.74, 6) is -0.260. The number of carbonyl (C=O) groups is 2. The molecule has 2 amide bonds. The Kier molecular flexibility index (Phi) is 2.29. The lowest BCUT2D eigenvalue weighted by Crippen LogP contribution is -2.39. The summed E-state index contributed by atoms with van der Waals surface area (Å²) in [4.78, 5) is 23.0. The molecule has 2 aromatic rings. The largest absolute Gasteiger partial charge is 0.384 e. The van der Waals surface area contributed by atoms with Gasteiger partial charge < -0.3 is 5.73 Å². The predicted octanol–water partition coefficient (Wildman–Crippen LogP) is 0.437. The van der Waals surface area contributed by atoms with Gasteiger partial charge in [0.1, 0.15) is 5.82 Å². The number of nitrogen functional groups attached to an aromatic ring is 1. The molecular formula is C12H12N4O2. The van der Waals surface area contributed by atoms with Crippen LogP contribution in [0.3, 0.4) is 0 Å². The van der Waals surface area contributed by atoms with E-state index in [9.17, 15) is 9.59 Å². The molecule has 0 bridgehead atoms. The maximum absolute atomic E-state index is 11.9. The van der Waals surface area contributed by atoms with E-state index in [0.29, 0.717) is 18.7 Å². The first-order valence-electron chi connectivity index (χ1n) is 5.72. The van der Waals surface area contributed by atoms with Crippen LogP contribution in [-0.4, -0.2) is 21.4 Å². The van der Waals surface area contributed by atoms with E-state index in [1.54, 1.807) is 16.8 Å². The second-order valence-corrected chi connectivity index (χ2v) is 4.35. The molecule has 2 aromatic heterocycles. The number of imide groups is 1. The maximum atomic E-state index is 11.9. The Bertz CT molecular complexity index is 647. The van der Waals surface area contributed by atoms with E-state index < -0.39 is 0 Å². The summed E-state index contributed by atoms with van der Waals surface area (Å²) in [7, 11) is 0. The smallest absolute Gasteiger partial charge is 0.234 e. The summed E-state index contributed by atoms with van der Waals surface area (Å²) in [6, 6.07) is 5.36. The highest BCUT2D eigenvalue weighted by Crippen LogP contribution is 2.29. The van der Waals surface area contributed by atoms with Crippen LogP contribution in [0.25, 0.3) is 5.52 Å². The number of nitrogens with zero attached hydrogens (tertiary/aromatic N) is 2. The summed E-state index contributed by atoms with van der Waals surface area (Å²) in [6.45, 7) is 0. The van der Waals surface area contributed by atoms with Crippen LogP contribution >= 0.6 is 0 Å². The third-order valence-corrected chi connectivity index (χ3v) is 3.23. The summed E-state index contributed by atoms with van der Waals surface area (Å²) in [5, 5.41) is 6.47. The quantitative estimate of drug-likeness (QED) is 0.712. The Labute approximate surface area is 103 Å². The molecule has 0 saturated carbocycles. The molecule has 1 unspecified atom stereocenters. The monoisotopic (exact) mass is 244 g/mol. The molecule has 1 aliphatic rings. The Balaban J connectivity index is 2.09. The van der Waals surface area contributed by atoms with Gasteiger partial charge in [-0.25, -0.2) is 4.52 Å². The highest BCUT2D eigenvalue weighted by atomic mass is 16.2. The van der Waals surface area contributed by atoms with E-state index in [0.717, 1.165) is 11.1 Å². The van der Waals surface area contributed by atoms with Gasteiger partial charge in [0.15, 0.2) is 0 Å². The van der Waals surface area contributed by atoms with Gasteiger partial charge in [-0.3, -0.25) is 14.9 Å². The first-order valence-corrected chi connectivity index (χ1v) is 5.72. The minimum atomic E-state index is -0.317. The van der Waals surface area contributed by atoms with Crippen molar-refractivity contribution in [1.82, 2.24) is 14.9 Å². The molecule has 1 aliphatic heterocycles. The average molecular weight is 244 g/mol. The van der Waals surface area contributed by atoms with Gasteiger partial charge in [-0.2, -0.15) is 5.10 Å². The van der Waals surface area contributed by atoms with E-state index >= 15 is 0 Å². The highest BCUT2D eigenvalue weighted by molar-refractivity contribution is 6.01. The van der Waals surface area contributed by atoms with Crippen molar-refractivity contribution >= 4 is 23.1 Å². The summed E-state index contributed by atoms with van der Waals surface area (Å²) >= 11 is 0. The molecule has 1 fully saturated rings. The molecule has 1 saturated heterocycles. The third kappa shape index (κ3) is 1.54. The van der Waals surface area contributed by atoms with Crippen LogP contribution in [0, 0.1) is 0 Å². The molecule has 1 atom stereocenters. The van der Waals surface area contributed by atoms with Crippen molar-refractivity contribution in [3.05, 3.63) is 30.0 Å². The van der Waals surface area contributed by atoms with Gasteiger partial charge in [0.2, 0.25) is 11.8 Å². The number of pyridine rings is 1. The Morgan fingerprint density at radius 2 is 2.17 bits per heavy atom. The Morgan fingerprint density at radius 3 is 2.94 bits per heavy atom. The first-order chi connectivity index (χ1) is 8.66. The predicted molar refractivity (Wildman–Crippen MR) is 64.7 cm³/mol. The van der Waals surface area contributed by atoms with Crippen LogP contribution < -0.4 is 11.1 Å². The van der Waals surface area contributed by atoms with Gasteiger partial charge >= 0.3 is 0 Å². The average Bonchev–Trinajstić information content (AvgIpc) is 2.81. The van der Waals surface area contributed by atoms with E-state index in [2.05, 4.69) is 10.4 Å². The molecule has 3 heterocycles. The molecule has 0 radical (unpaired) electrons. The molecular weight excluding hydrogens is 232 g/mol. The van der Waals surface area contributed by atoms with E-state index in [-0.39, 0.29) is 17.7 Å². The van der Waals surface area contributed by atoms with Crippen LogP contribution in [0.15, 0.2) is 24.4 Å². The number of carbonyl (C=O) groups excluding carboxylic acids is 2. The van der Waals surface area contributed by atoms with Crippen molar-refractivity contribution in [3.8, 4) is 0 Å². The van der Waals surface area contributed by atoms with Crippen LogP contribution in [0.4, 0.5) is 5.82 Å². The molecule has 6 nitrogen and oxygen atoms in total. The normalized spacial score (nSPS) is 20.1. The molecule has 3 N–H and O–H groups in total. The van der Waals surface area contributed by atoms with Crippen molar-refractivity contribution in [2.24, 2.45) is 0 Å². The fourth-order valence-corrected chi connectivity index (χ4v) is 2.34. The topological polar surface area (TPSA) is 89.5 Å². The van der Waals surface area contributed by atoms with Crippen molar-refractivity contribution in [2.45, 2.75) is 18.8 Å². The minimum Gasteiger partial charge on any atom is -0.384 e. The first kappa shape index (κ1) is 10.8. The van der Waals surface area contributed by atoms with Gasteiger partial charge in [-0.15, -0.1) is 0 Å². The van der Waals surface area contributed by atoms with E-state index in [4.69, 9.17) is 5.73 Å². The van der Waals surface area contributed by atoms with Crippen molar-refractivity contribution < 1.29 is 9.59 Å². The van der Waals surface area contributed by atoms with Crippen LogP contribution in [-0.2, 0) is 9.59 Å². The van der Waals surface area contributed by atoms with Gasteiger partial charge in [0.25, 0.3) is 0 Å². The summed E-state index contributed by atoms with van der Waals surface area (Å²) < 4.78 is 1.60. The van der Waals surface area contributed by atoms with Gasteiger partial charge in [0.05, 0.1) is 17.6 Å². The van der Waals surface area contributed by atoms with Crippen molar-refractivity contribution in [2.75, 3.05) is 5.73 Å². The zero-order valence-corrected chi connectivity index (χ0v) is 9.59. The molecule has 0 spiro atoms. The lowest BCUT2D eigenvalue weighted by molar-refractivity contribution is -0.134. The number of nitrogens with one attached hydrogen (secondary N) is 1. The number of rotatable bonds is 1. The number of nitrogens with two attached hydrogens (primary N) is 1. The third-order valence-electron chi connectivity index (χ3n) is 3.23. The summed E-state index contributed by atoms with van der Waals surface area (Å²) in [6.07, 6.45) is 2.53. The number of amides is 2. The second kappa shape index (κ2) is 3.83. The van der Waals surface area contributed by atoms with E-state index in [1.807, 2.05) is 12.1 Å². The van der Waals surface area contributed by atoms with Crippen LogP contribution in [0.5, 0.6) is 0 Å². The number of hydrogen-bond donors (Lipinski definition) is 2. The standard InChI is InChI=1S/C12H12N4O2/c13-10-3-1-7(9-5-6-14-16(9)10)8-2-4-11(17)15-12(8)18/h1,3,5-6,8H,2,4,13H2,(H,15,17,18). The van der Waals surface area contributed by atoms with Gasteiger partial charge in [0, 0.05) is 6.42 Å². The SMILES string of the molecule is Nc1ccc(C2CCC(=O)NC2=O)c2ccnn12. The fourth-order valence-electron chi connectivity index (χ4n) is 2.34. The fraction of sp³-hybridized carbons (Fsp3) is 0.250. The molecule has 18 heavy (non-hydrogen) atoms. The number of anilines is 1. The van der Waals surface area contributed by atoms with Crippen molar-refractivity contribution in [1.29, 1.82) is 0 Å². The number of fused-ring (bicyclic) bond motifs is 1. The Hall–Kier alpha value is -2.37. The van der Waals surface area contributed by atoms with Crippen LogP contribution in [0.1, 0.15) is 24.3 Å². The minimum absolute atomic E-state index is 0.212. The number of hydrogen-bond acceptors (Lipinski definition) is 4. The lowest BCUT2D eigenvalue weighted by Gasteiger charge is -2.21. The molecule has 92 valence electrons. The molecule has 3 rings (SSSR count). The van der Waals surface area contributed by atoms with Gasteiger partial charge in [-0.05, 0) is 24.1 Å². The highest BCUT2D eigenvalue weighted by Gasteiger charge is 2.29. The van der Waals surface area contributed by atoms with Crippen LogP contribution in [0.2, 0.25) is 0 Å². The molecule has 0 aliphatic carbocycles. The lowest BCUT2D eigenvalue weighted by atomic mass is 9.90. The number of aromatic nitrogens is 2. The zero-order valence-electron chi connectivity index (χ0n) is 9.59. The second-order valence-electron chi connectivity index (χ2n) is 4.35. The molecule has 6 heteroatoms. The summed E-state index contributed by atoms with van der Waals surface area (Å²) in [5.41, 5.74) is 7.46. The van der Waals surface area contributed by atoms with E-state index in [1.165, 1.54) is 0 Å². The van der Waals surface area contributed by atoms with Crippen molar-refractivity contribution in [3.63, 3.8) is 0 Å². The van der Waals surface area contributed by atoms with Gasteiger partial charge in [-0.1, -0.05) is 6.07 Å². The maximum Gasteiger partial charge on any atom is 0.234 e. The zero-order chi connectivity index (χ0) is 12.7.